The lowest BCUT2D eigenvalue weighted by atomic mass is 10.1. The van der Waals surface area contributed by atoms with Crippen LogP contribution < -0.4 is 4.90 Å². The van der Waals surface area contributed by atoms with Crippen molar-refractivity contribution in [2.45, 2.75) is 0 Å². The van der Waals surface area contributed by atoms with Gasteiger partial charge in [0.05, 0.1) is 18.9 Å². The normalized spacial score (nSPS) is 15.5. The van der Waals surface area contributed by atoms with E-state index in [2.05, 4.69) is 14.9 Å². The van der Waals surface area contributed by atoms with E-state index < -0.39 is 0 Å². The standard InChI is InChI=1S/C14H14ClN3O/c15-12-3-1-11(2-4-12)13-5-6-16-14(17-13)18-7-9-19-10-8-18/h1-6H,7-10H2. The van der Waals surface area contributed by atoms with Crippen LogP contribution in [0.25, 0.3) is 11.3 Å². The molecule has 0 radical (unpaired) electrons. The highest BCUT2D eigenvalue weighted by atomic mass is 35.5. The van der Waals surface area contributed by atoms with Gasteiger partial charge >= 0.3 is 0 Å². The molecule has 0 unspecified atom stereocenters. The van der Waals surface area contributed by atoms with Crippen LogP contribution in [-0.4, -0.2) is 36.3 Å². The van der Waals surface area contributed by atoms with Gasteiger partial charge in [-0.3, -0.25) is 0 Å². The molecule has 98 valence electrons. The summed E-state index contributed by atoms with van der Waals surface area (Å²) in [5, 5.41) is 0.728. The molecule has 1 fully saturated rings. The molecule has 1 aromatic heterocycles. The average molecular weight is 276 g/mol. The SMILES string of the molecule is Clc1ccc(-c2ccnc(N3CCOCC3)n2)cc1. The molecule has 0 amide bonds. The number of rotatable bonds is 2. The maximum Gasteiger partial charge on any atom is 0.226 e. The predicted octanol–water partition coefficient (Wildman–Crippen LogP) is 2.63. The minimum absolute atomic E-state index is 0.728. The van der Waals surface area contributed by atoms with E-state index in [9.17, 15) is 0 Å². The van der Waals surface area contributed by atoms with Crippen LogP contribution in [0.1, 0.15) is 0 Å². The van der Waals surface area contributed by atoms with Gasteiger partial charge in [0, 0.05) is 29.9 Å². The predicted molar refractivity (Wildman–Crippen MR) is 75.5 cm³/mol. The molecule has 0 spiro atoms. The average Bonchev–Trinajstić information content (AvgIpc) is 2.49. The molecule has 1 aromatic carbocycles. The molecular formula is C14H14ClN3O. The minimum Gasteiger partial charge on any atom is -0.378 e. The first kappa shape index (κ1) is 12.4. The molecule has 19 heavy (non-hydrogen) atoms. The highest BCUT2D eigenvalue weighted by Gasteiger charge is 2.14. The number of nitrogens with zero attached hydrogens (tertiary/aromatic N) is 3. The largest absolute Gasteiger partial charge is 0.378 e. The third-order valence-electron chi connectivity index (χ3n) is 3.08. The first-order valence-corrected chi connectivity index (χ1v) is 6.62. The molecule has 1 aliphatic heterocycles. The molecular weight excluding hydrogens is 262 g/mol. The summed E-state index contributed by atoms with van der Waals surface area (Å²) in [7, 11) is 0. The van der Waals surface area contributed by atoms with E-state index in [1.807, 2.05) is 30.3 Å². The number of halogens is 1. The van der Waals surface area contributed by atoms with Crippen molar-refractivity contribution in [3.63, 3.8) is 0 Å². The van der Waals surface area contributed by atoms with E-state index in [0.29, 0.717) is 0 Å². The lowest BCUT2D eigenvalue weighted by Gasteiger charge is -2.26. The number of benzene rings is 1. The fraction of sp³-hybridized carbons (Fsp3) is 0.286. The van der Waals surface area contributed by atoms with Crippen molar-refractivity contribution in [3.8, 4) is 11.3 Å². The summed E-state index contributed by atoms with van der Waals surface area (Å²) < 4.78 is 5.34. The second kappa shape index (κ2) is 5.55. The number of aromatic nitrogens is 2. The Hall–Kier alpha value is -1.65. The van der Waals surface area contributed by atoms with Crippen molar-refractivity contribution in [2.75, 3.05) is 31.2 Å². The Bertz CT molecular complexity index is 553. The van der Waals surface area contributed by atoms with E-state index >= 15 is 0 Å². The topological polar surface area (TPSA) is 38.2 Å². The minimum atomic E-state index is 0.728. The maximum atomic E-state index is 5.90. The van der Waals surface area contributed by atoms with E-state index in [0.717, 1.165) is 48.5 Å². The Kier molecular flexibility index (Phi) is 3.62. The number of ether oxygens (including phenoxy) is 1. The van der Waals surface area contributed by atoms with Crippen LogP contribution in [0.3, 0.4) is 0 Å². The molecule has 2 heterocycles. The maximum absolute atomic E-state index is 5.90. The highest BCUT2D eigenvalue weighted by Crippen LogP contribution is 2.21. The first-order chi connectivity index (χ1) is 9.33. The number of hydrogen-bond acceptors (Lipinski definition) is 4. The summed E-state index contributed by atoms with van der Waals surface area (Å²) in [6, 6.07) is 9.58. The van der Waals surface area contributed by atoms with Gasteiger partial charge in [-0.25, -0.2) is 9.97 Å². The van der Waals surface area contributed by atoms with E-state index in [4.69, 9.17) is 16.3 Å². The van der Waals surface area contributed by atoms with Crippen LogP contribution in [0, 0.1) is 0 Å². The van der Waals surface area contributed by atoms with Crippen molar-refractivity contribution >= 4 is 17.5 Å². The molecule has 0 aliphatic carbocycles. The van der Waals surface area contributed by atoms with Crippen LogP contribution in [0.15, 0.2) is 36.5 Å². The van der Waals surface area contributed by atoms with Crippen molar-refractivity contribution in [1.82, 2.24) is 9.97 Å². The smallest absolute Gasteiger partial charge is 0.226 e. The van der Waals surface area contributed by atoms with Crippen molar-refractivity contribution < 1.29 is 4.74 Å². The molecule has 1 saturated heterocycles. The Balaban J connectivity index is 1.88. The number of morpholine rings is 1. The highest BCUT2D eigenvalue weighted by molar-refractivity contribution is 6.30. The number of anilines is 1. The van der Waals surface area contributed by atoms with Gasteiger partial charge in [0.15, 0.2) is 0 Å². The van der Waals surface area contributed by atoms with Gasteiger partial charge in [-0.1, -0.05) is 23.7 Å². The lowest BCUT2D eigenvalue weighted by Crippen LogP contribution is -2.37. The number of hydrogen-bond donors (Lipinski definition) is 0. The summed E-state index contributed by atoms with van der Waals surface area (Å²) in [6.45, 7) is 3.14. The zero-order valence-electron chi connectivity index (χ0n) is 10.4. The third kappa shape index (κ3) is 2.85. The fourth-order valence-electron chi connectivity index (χ4n) is 2.05. The van der Waals surface area contributed by atoms with Gasteiger partial charge in [-0.2, -0.15) is 0 Å². The van der Waals surface area contributed by atoms with Gasteiger partial charge in [-0.05, 0) is 18.2 Å². The van der Waals surface area contributed by atoms with Gasteiger partial charge in [0.2, 0.25) is 5.95 Å². The molecule has 5 heteroatoms. The second-order valence-electron chi connectivity index (χ2n) is 4.35. The molecule has 0 bridgehead atoms. The van der Waals surface area contributed by atoms with Crippen molar-refractivity contribution in [1.29, 1.82) is 0 Å². The lowest BCUT2D eigenvalue weighted by molar-refractivity contribution is 0.122. The summed E-state index contributed by atoms with van der Waals surface area (Å²) in [5.41, 5.74) is 1.95. The Labute approximate surface area is 117 Å². The quantitative estimate of drug-likeness (QED) is 0.844. The van der Waals surface area contributed by atoms with Crippen molar-refractivity contribution in [3.05, 3.63) is 41.6 Å². The van der Waals surface area contributed by atoms with E-state index in [1.54, 1.807) is 6.20 Å². The van der Waals surface area contributed by atoms with Crippen LogP contribution >= 0.6 is 11.6 Å². The monoisotopic (exact) mass is 275 g/mol. The van der Waals surface area contributed by atoms with E-state index in [1.165, 1.54) is 0 Å². The summed E-state index contributed by atoms with van der Waals surface area (Å²) in [4.78, 5) is 11.1. The Morgan fingerprint density at radius 2 is 1.79 bits per heavy atom. The molecule has 0 N–H and O–H groups in total. The second-order valence-corrected chi connectivity index (χ2v) is 4.78. The van der Waals surface area contributed by atoms with Crippen LogP contribution in [-0.2, 0) is 4.74 Å². The van der Waals surface area contributed by atoms with Gasteiger partial charge in [0.25, 0.3) is 0 Å². The fourth-order valence-corrected chi connectivity index (χ4v) is 2.17. The molecule has 3 rings (SSSR count). The van der Waals surface area contributed by atoms with Crippen LogP contribution in [0.5, 0.6) is 0 Å². The van der Waals surface area contributed by atoms with Crippen molar-refractivity contribution in [2.24, 2.45) is 0 Å². The molecule has 1 aliphatic rings. The van der Waals surface area contributed by atoms with Crippen LogP contribution in [0.2, 0.25) is 5.02 Å². The summed E-state index contributed by atoms with van der Waals surface area (Å²) in [5.74, 6) is 0.760. The van der Waals surface area contributed by atoms with E-state index in [-0.39, 0.29) is 0 Å². The molecule has 0 atom stereocenters. The molecule has 0 saturated carbocycles. The van der Waals surface area contributed by atoms with Gasteiger partial charge < -0.3 is 9.64 Å². The first-order valence-electron chi connectivity index (χ1n) is 6.24. The van der Waals surface area contributed by atoms with Gasteiger partial charge in [-0.15, -0.1) is 0 Å². The molecule has 4 nitrogen and oxygen atoms in total. The molecule has 2 aromatic rings. The summed E-state index contributed by atoms with van der Waals surface area (Å²) >= 11 is 5.90. The van der Waals surface area contributed by atoms with Crippen LogP contribution in [0.4, 0.5) is 5.95 Å². The Morgan fingerprint density at radius 3 is 2.53 bits per heavy atom. The van der Waals surface area contributed by atoms with Gasteiger partial charge in [0.1, 0.15) is 0 Å². The Morgan fingerprint density at radius 1 is 1.05 bits per heavy atom. The summed E-state index contributed by atoms with van der Waals surface area (Å²) in [6.07, 6.45) is 1.79. The zero-order valence-corrected chi connectivity index (χ0v) is 11.2. The zero-order chi connectivity index (χ0) is 13.1. The third-order valence-corrected chi connectivity index (χ3v) is 3.33.